The summed E-state index contributed by atoms with van der Waals surface area (Å²) in [6.45, 7) is 3.96. The lowest BCUT2D eigenvalue weighted by atomic mass is 10.0. The van der Waals surface area contributed by atoms with Crippen molar-refractivity contribution in [2.45, 2.75) is 38.8 Å². The van der Waals surface area contributed by atoms with Gasteiger partial charge in [0.25, 0.3) is 5.91 Å². The highest BCUT2D eigenvalue weighted by Gasteiger charge is 2.22. The molecule has 2 aromatic carbocycles. The number of carbonyl (C=O) groups is 1. The first-order valence-corrected chi connectivity index (χ1v) is 8.81. The Morgan fingerprint density at radius 1 is 1.08 bits per heavy atom. The molecule has 0 bridgehead atoms. The Morgan fingerprint density at radius 2 is 1.80 bits per heavy atom. The fourth-order valence-electron chi connectivity index (χ4n) is 2.55. The third kappa shape index (κ3) is 5.40. The van der Waals surface area contributed by atoms with Crippen LogP contribution < -0.4 is 14.8 Å². The van der Waals surface area contributed by atoms with Crippen LogP contribution in [0.15, 0.2) is 48.5 Å². The SMILES string of the molecule is CC[C@@H](Oc1cccc(Cl)c1)C(=O)N[C@H](CC)c1ccc(OC)cc1. The summed E-state index contributed by atoms with van der Waals surface area (Å²) in [5.74, 6) is 1.25. The maximum atomic E-state index is 12.6. The van der Waals surface area contributed by atoms with Crippen molar-refractivity contribution >= 4 is 17.5 Å². The molecule has 0 fully saturated rings. The van der Waals surface area contributed by atoms with E-state index < -0.39 is 6.10 Å². The molecule has 0 saturated carbocycles. The second-order valence-corrected chi connectivity index (χ2v) is 6.15. The van der Waals surface area contributed by atoms with Gasteiger partial charge in [-0.25, -0.2) is 0 Å². The van der Waals surface area contributed by atoms with Crippen LogP contribution in [0.2, 0.25) is 5.02 Å². The van der Waals surface area contributed by atoms with Gasteiger partial charge in [0, 0.05) is 5.02 Å². The predicted molar refractivity (Wildman–Crippen MR) is 100 cm³/mol. The molecular weight excluding hydrogens is 338 g/mol. The van der Waals surface area contributed by atoms with Gasteiger partial charge in [-0.2, -0.15) is 0 Å². The van der Waals surface area contributed by atoms with Crippen molar-refractivity contribution in [1.82, 2.24) is 5.32 Å². The molecule has 0 unspecified atom stereocenters. The van der Waals surface area contributed by atoms with Crippen LogP contribution in [0, 0.1) is 0 Å². The Bertz CT molecular complexity index is 688. The quantitative estimate of drug-likeness (QED) is 0.736. The summed E-state index contributed by atoms with van der Waals surface area (Å²) in [4.78, 5) is 12.6. The number of nitrogens with one attached hydrogen (secondary N) is 1. The lowest BCUT2D eigenvalue weighted by Gasteiger charge is -2.22. The Morgan fingerprint density at radius 3 is 2.36 bits per heavy atom. The van der Waals surface area contributed by atoms with Crippen LogP contribution in [0.1, 0.15) is 38.3 Å². The molecule has 2 atom stereocenters. The molecule has 25 heavy (non-hydrogen) atoms. The largest absolute Gasteiger partial charge is 0.497 e. The average molecular weight is 362 g/mol. The summed E-state index contributed by atoms with van der Waals surface area (Å²) in [7, 11) is 1.63. The molecular formula is C20H24ClNO3. The molecule has 0 saturated heterocycles. The van der Waals surface area contributed by atoms with E-state index in [4.69, 9.17) is 21.1 Å². The molecule has 0 aliphatic carbocycles. The number of hydrogen-bond acceptors (Lipinski definition) is 3. The van der Waals surface area contributed by atoms with Crippen molar-refractivity contribution in [2.75, 3.05) is 7.11 Å². The molecule has 0 aliphatic rings. The Balaban J connectivity index is 2.05. The number of hydrogen-bond donors (Lipinski definition) is 1. The minimum atomic E-state index is -0.564. The smallest absolute Gasteiger partial charge is 0.261 e. The van der Waals surface area contributed by atoms with E-state index in [1.807, 2.05) is 38.1 Å². The summed E-state index contributed by atoms with van der Waals surface area (Å²) in [5.41, 5.74) is 1.04. The van der Waals surface area contributed by atoms with Gasteiger partial charge in [0.1, 0.15) is 11.5 Å². The van der Waals surface area contributed by atoms with Gasteiger partial charge in [0.2, 0.25) is 0 Å². The molecule has 2 aromatic rings. The zero-order valence-corrected chi connectivity index (χ0v) is 15.5. The lowest BCUT2D eigenvalue weighted by molar-refractivity contribution is -0.128. The average Bonchev–Trinajstić information content (AvgIpc) is 2.64. The van der Waals surface area contributed by atoms with E-state index >= 15 is 0 Å². The van der Waals surface area contributed by atoms with Gasteiger partial charge in [-0.15, -0.1) is 0 Å². The van der Waals surface area contributed by atoms with Gasteiger partial charge in [-0.05, 0) is 48.7 Å². The highest BCUT2D eigenvalue weighted by atomic mass is 35.5. The van der Waals surface area contributed by atoms with E-state index in [0.29, 0.717) is 17.2 Å². The van der Waals surface area contributed by atoms with E-state index in [1.54, 1.807) is 31.4 Å². The Labute approximate surface area is 154 Å². The molecule has 4 nitrogen and oxygen atoms in total. The summed E-state index contributed by atoms with van der Waals surface area (Å²) < 4.78 is 11.0. The Kier molecular flexibility index (Phi) is 7.14. The molecule has 0 spiro atoms. The van der Waals surface area contributed by atoms with Crippen molar-refractivity contribution in [3.63, 3.8) is 0 Å². The number of amides is 1. The van der Waals surface area contributed by atoms with Crippen LogP contribution in [-0.4, -0.2) is 19.1 Å². The molecule has 0 aliphatic heterocycles. The Hall–Kier alpha value is -2.20. The summed E-state index contributed by atoms with van der Waals surface area (Å²) in [5, 5.41) is 3.65. The zero-order chi connectivity index (χ0) is 18.2. The van der Waals surface area contributed by atoms with Crippen LogP contribution in [-0.2, 0) is 4.79 Å². The van der Waals surface area contributed by atoms with Crippen molar-refractivity contribution in [2.24, 2.45) is 0 Å². The van der Waals surface area contributed by atoms with Gasteiger partial charge in [-0.1, -0.05) is 43.6 Å². The minimum Gasteiger partial charge on any atom is -0.497 e. The van der Waals surface area contributed by atoms with Gasteiger partial charge in [0.05, 0.1) is 13.2 Å². The number of carbonyl (C=O) groups excluding carboxylic acids is 1. The van der Waals surface area contributed by atoms with Crippen molar-refractivity contribution in [1.29, 1.82) is 0 Å². The van der Waals surface area contributed by atoms with Crippen molar-refractivity contribution in [3.05, 3.63) is 59.1 Å². The van der Waals surface area contributed by atoms with Gasteiger partial charge in [0.15, 0.2) is 6.10 Å². The maximum absolute atomic E-state index is 12.6. The fraction of sp³-hybridized carbons (Fsp3) is 0.350. The molecule has 0 heterocycles. The summed E-state index contributed by atoms with van der Waals surface area (Å²) >= 11 is 5.97. The van der Waals surface area contributed by atoms with Gasteiger partial charge >= 0.3 is 0 Å². The molecule has 1 N–H and O–H groups in total. The van der Waals surface area contributed by atoms with E-state index in [2.05, 4.69) is 5.32 Å². The van der Waals surface area contributed by atoms with Gasteiger partial charge < -0.3 is 14.8 Å². The number of halogens is 1. The fourth-order valence-corrected chi connectivity index (χ4v) is 2.73. The normalized spacial score (nSPS) is 13.0. The predicted octanol–water partition coefficient (Wildman–Crippen LogP) is 4.77. The first-order valence-electron chi connectivity index (χ1n) is 8.43. The van der Waals surface area contributed by atoms with Crippen LogP contribution in [0.3, 0.4) is 0 Å². The number of rotatable bonds is 8. The van der Waals surface area contributed by atoms with E-state index in [1.165, 1.54) is 0 Å². The number of benzene rings is 2. The first-order chi connectivity index (χ1) is 12.1. The zero-order valence-electron chi connectivity index (χ0n) is 14.8. The van der Waals surface area contributed by atoms with Crippen LogP contribution in [0.4, 0.5) is 0 Å². The second-order valence-electron chi connectivity index (χ2n) is 5.71. The molecule has 0 aromatic heterocycles. The summed E-state index contributed by atoms with van der Waals surface area (Å²) in [6.07, 6.45) is 0.786. The lowest BCUT2D eigenvalue weighted by Crippen LogP contribution is -2.39. The highest BCUT2D eigenvalue weighted by Crippen LogP contribution is 2.22. The van der Waals surface area contributed by atoms with Crippen molar-refractivity contribution in [3.8, 4) is 11.5 Å². The number of methoxy groups -OCH3 is 1. The topological polar surface area (TPSA) is 47.6 Å². The third-order valence-electron chi connectivity index (χ3n) is 3.98. The monoisotopic (exact) mass is 361 g/mol. The number of ether oxygens (including phenoxy) is 2. The minimum absolute atomic E-state index is 0.0737. The van der Waals surface area contributed by atoms with Crippen LogP contribution >= 0.6 is 11.6 Å². The first kappa shape index (κ1) is 19.1. The van der Waals surface area contributed by atoms with Gasteiger partial charge in [-0.3, -0.25) is 4.79 Å². The standard InChI is InChI=1S/C20H24ClNO3/c1-4-18(14-9-11-16(24-3)12-10-14)22-20(23)19(5-2)25-17-8-6-7-15(21)13-17/h6-13,18-19H,4-5H2,1-3H3,(H,22,23)/t18-,19-/m1/s1. The molecule has 1 amide bonds. The van der Waals surface area contributed by atoms with Crippen molar-refractivity contribution < 1.29 is 14.3 Å². The van der Waals surface area contributed by atoms with Crippen LogP contribution in [0.25, 0.3) is 0 Å². The summed E-state index contributed by atoms with van der Waals surface area (Å²) in [6, 6.07) is 14.7. The molecule has 2 rings (SSSR count). The molecule has 134 valence electrons. The molecule has 0 radical (unpaired) electrons. The maximum Gasteiger partial charge on any atom is 0.261 e. The van der Waals surface area contributed by atoms with E-state index in [9.17, 15) is 4.79 Å². The van der Waals surface area contributed by atoms with E-state index in [-0.39, 0.29) is 11.9 Å². The van der Waals surface area contributed by atoms with Crippen LogP contribution in [0.5, 0.6) is 11.5 Å². The third-order valence-corrected chi connectivity index (χ3v) is 4.22. The van der Waals surface area contributed by atoms with E-state index in [0.717, 1.165) is 17.7 Å². The second kappa shape index (κ2) is 9.33. The highest BCUT2D eigenvalue weighted by molar-refractivity contribution is 6.30. The molecule has 5 heteroatoms.